The lowest BCUT2D eigenvalue weighted by molar-refractivity contribution is 0.627. The van der Waals surface area contributed by atoms with E-state index in [0.29, 0.717) is 6.54 Å². The highest BCUT2D eigenvalue weighted by Crippen LogP contribution is 2.26. The molecule has 20 heavy (non-hydrogen) atoms. The molecule has 0 saturated carbocycles. The first-order valence-corrected chi connectivity index (χ1v) is 7.81. The van der Waals surface area contributed by atoms with Gasteiger partial charge in [0.1, 0.15) is 5.82 Å². The fourth-order valence-corrected chi connectivity index (χ4v) is 3.64. The summed E-state index contributed by atoms with van der Waals surface area (Å²) < 4.78 is 2.09. The summed E-state index contributed by atoms with van der Waals surface area (Å²) in [6.07, 6.45) is 0. The third-order valence-electron chi connectivity index (χ3n) is 3.44. The highest BCUT2D eigenvalue weighted by Gasteiger charge is 2.11. The van der Waals surface area contributed by atoms with E-state index >= 15 is 0 Å². The van der Waals surface area contributed by atoms with Crippen molar-refractivity contribution in [3.63, 3.8) is 0 Å². The lowest BCUT2D eigenvalue weighted by Crippen LogP contribution is -2.12. The van der Waals surface area contributed by atoms with Crippen molar-refractivity contribution in [2.75, 3.05) is 6.54 Å². The van der Waals surface area contributed by atoms with Gasteiger partial charge in [-0.2, -0.15) is 0 Å². The number of aryl methyl sites for hydroxylation is 4. The van der Waals surface area contributed by atoms with E-state index in [1.807, 2.05) is 6.92 Å². The molecule has 0 bridgehead atoms. The standard InChI is InChI=1S/C15H22N4S/c1-10-7-11(2)14(12(3)8-10)9-20-15-18-17-13(4)19(15)6-5-16/h7-8H,5-6,9,16H2,1-4H3. The fraction of sp³-hybridized carbons (Fsp3) is 0.467. The van der Waals surface area contributed by atoms with Crippen molar-refractivity contribution in [1.82, 2.24) is 14.8 Å². The average molecular weight is 290 g/mol. The Bertz CT molecular complexity index is 581. The minimum absolute atomic E-state index is 0.606. The van der Waals surface area contributed by atoms with Crippen molar-refractivity contribution in [3.05, 3.63) is 40.2 Å². The Morgan fingerprint density at radius 2 is 1.75 bits per heavy atom. The summed E-state index contributed by atoms with van der Waals surface area (Å²) in [6.45, 7) is 9.83. The highest BCUT2D eigenvalue weighted by molar-refractivity contribution is 7.98. The average Bonchev–Trinajstić information content (AvgIpc) is 2.70. The molecule has 0 saturated heterocycles. The molecule has 0 atom stereocenters. The maximum Gasteiger partial charge on any atom is 0.191 e. The zero-order valence-electron chi connectivity index (χ0n) is 12.6. The Balaban J connectivity index is 2.17. The number of hydrogen-bond acceptors (Lipinski definition) is 4. The van der Waals surface area contributed by atoms with E-state index in [0.717, 1.165) is 23.3 Å². The second-order valence-corrected chi connectivity index (χ2v) is 6.08. The van der Waals surface area contributed by atoms with Crippen molar-refractivity contribution in [1.29, 1.82) is 0 Å². The van der Waals surface area contributed by atoms with Crippen LogP contribution in [0.25, 0.3) is 0 Å². The van der Waals surface area contributed by atoms with Gasteiger partial charge in [-0.15, -0.1) is 10.2 Å². The number of rotatable bonds is 5. The topological polar surface area (TPSA) is 56.7 Å². The number of hydrogen-bond donors (Lipinski definition) is 1. The summed E-state index contributed by atoms with van der Waals surface area (Å²) in [6, 6.07) is 4.47. The summed E-state index contributed by atoms with van der Waals surface area (Å²) in [5.74, 6) is 1.84. The van der Waals surface area contributed by atoms with Crippen LogP contribution in [-0.2, 0) is 12.3 Å². The van der Waals surface area contributed by atoms with Crippen LogP contribution in [0, 0.1) is 27.7 Å². The minimum atomic E-state index is 0.606. The van der Waals surface area contributed by atoms with E-state index in [1.165, 1.54) is 22.3 Å². The summed E-state index contributed by atoms with van der Waals surface area (Å²) in [7, 11) is 0. The van der Waals surface area contributed by atoms with Crippen LogP contribution in [-0.4, -0.2) is 21.3 Å². The van der Waals surface area contributed by atoms with Crippen molar-refractivity contribution < 1.29 is 0 Å². The van der Waals surface area contributed by atoms with Crippen molar-refractivity contribution in [2.24, 2.45) is 5.73 Å². The maximum atomic E-state index is 5.64. The third-order valence-corrected chi connectivity index (χ3v) is 4.43. The molecule has 0 radical (unpaired) electrons. The quantitative estimate of drug-likeness (QED) is 0.860. The Morgan fingerprint density at radius 1 is 1.10 bits per heavy atom. The van der Waals surface area contributed by atoms with Gasteiger partial charge < -0.3 is 10.3 Å². The van der Waals surface area contributed by atoms with Crippen LogP contribution in [0.4, 0.5) is 0 Å². The molecule has 108 valence electrons. The second-order valence-electron chi connectivity index (χ2n) is 5.14. The molecule has 2 rings (SSSR count). The lowest BCUT2D eigenvalue weighted by atomic mass is 10.0. The molecule has 1 aromatic heterocycles. The van der Waals surface area contributed by atoms with Crippen molar-refractivity contribution in [2.45, 2.75) is 45.1 Å². The first-order valence-electron chi connectivity index (χ1n) is 6.82. The first kappa shape index (κ1) is 15.1. The van der Waals surface area contributed by atoms with Crippen LogP contribution >= 0.6 is 11.8 Å². The van der Waals surface area contributed by atoms with Crippen LogP contribution in [0.2, 0.25) is 0 Å². The molecule has 0 spiro atoms. The van der Waals surface area contributed by atoms with Gasteiger partial charge in [-0.3, -0.25) is 0 Å². The van der Waals surface area contributed by atoms with Gasteiger partial charge in [0.25, 0.3) is 0 Å². The number of thioether (sulfide) groups is 1. The first-order chi connectivity index (χ1) is 9.52. The van der Waals surface area contributed by atoms with Gasteiger partial charge in [-0.25, -0.2) is 0 Å². The van der Waals surface area contributed by atoms with E-state index in [4.69, 9.17) is 5.73 Å². The van der Waals surface area contributed by atoms with Gasteiger partial charge in [0.2, 0.25) is 0 Å². The fourth-order valence-electron chi connectivity index (χ4n) is 2.43. The normalized spacial score (nSPS) is 11.1. The highest BCUT2D eigenvalue weighted by atomic mass is 32.2. The predicted octanol–water partition coefficient (Wildman–Crippen LogP) is 2.76. The molecule has 2 aromatic rings. The molecule has 5 heteroatoms. The molecule has 1 heterocycles. The lowest BCUT2D eigenvalue weighted by Gasteiger charge is -2.11. The molecule has 0 aliphatic rings. The Hall–Kier alpha value is -1.33. The molecule has 0 amide bonds. The molecule has 1 aromatic carbocycles. The van der Waals surface area contributed by atoms with E-state index in [-0.39, 0.29) is 0 Å². The van der Waals surface area contributed by atoms with E-state index in [9.17, 15) is 0 Å². The predicted molar refractivity (Wildman–Crippen MR) is 84.0 cm³/mol. The largest absolute Gasteiger partial charge is 0.329 e. The third kappa shape index (κ3) is 3.22. The maximum absolute atomic E-state index is 5.64. The van der Waals surface area contributed by atoms with Gasteiger partial charge in [-0.05, 0) is 44.4 Å². The smallest absolute Gasteiger partial charge is 0.191 e. The summed E-state index contributed by atoms with van der Waals surface area (Å²) in [5, 5.41) is 9.34. The van der Waals surface area contributed by atoms with Crippen LogP contribution in [0.1, 0.15) is 28.1 Å². The summed E-state index contributed by atoms with van der Waals surface area (Å²) in [4.78, 5) is 0. The number of aromatic nitrogens is 3. The van der Waals surface area contributed by atoms with Crippen LogP contribution in [0.3, 0.4) is 0 Å². The zero-order valence-corrected chi connectivity index (χ0v) is 13.4. The number of nitrogens with zero attached hydrogens (tertiary/aromatic N) is 3. The molecule has 4 nitrogen and oxygen atoms in total. The minimum Gasteiger partial charge on any atom is -0.329 e. The van der Waals surface area contributed by atoms with Crippen molar-refractivity contribution in [3.8, 4) is 0 Å². The van der Waals surface area contributed by atoms with Gasteiger partial charge >= 0.3 is 0 Å². The van der Waals surface area contributed by atoms with Gasteiger partial charge in [-0.1, -0.05) is 29.5 Å². The van der Waals surface area contributed by atoms with Gasteiger partial charge in [0, 0.05) is 18.8 Å². The van der Waals surface area contributed by atoms with E-state index in [1.54, 1.807) is 11.8 Å². The Morgan fingerprint density at radius 3 is 2.35 bits per heavy atom. The van der Waals surface area contributed by atoms with Crippen LogP contribution in [0.5, 0.6) is 0 Å². The zero-order chi connectivity index (χ0) is 14.7. The summed E-state index contributed by atoms with van der Waals surface area (Å²) >= 11 is 1.73. The summed E-state index contributed by atoms with van der Waals surface area (Å²) in [5.41, 5.74) is 11.0. The van der Waals surface area contributed by atoms with Crippen molar-refractivity contribution >= 4 is 11.8 Å². The van der Waals surface area contributed by atoms with Gasteiger partial charge in [0.15, 0.2) is 5.16 Å². The molecule has 0 aliphatic carbocycles. The molecule has 0 fully saturated rings. The number of nitrogens with two attached hydrogens (primary N) is 1. The molecule has 0 unspecified atom stereocenters. The number of benzene rings is 1. The molecular formula is C15H22N4S. The molecular weight excluding hydrogens is 268 g/mol. The monoisotopic (exact) mass is 290 g/mol. The molecule has 0 aliphatic heterocycles. The Labute approximate surface area is 124 Å². The SMILES string of the molecule is Cc1cc(C)c(CSc2nnc(C)n2CCN)c(C)c1. The van der Waals surface area contributed by atoms with Gasteiger partial charge in [0.05, 0.1) is 0 Å². The van der Waals surface area contributed by atoms with Crippen LogP contribution < -0.4 is 5.73 Å². The second kappa shape index (κ2) is 6.41. The molecule has 2 N–H and O–H groups in total. The van der Waals surface area contributed by atoms with E-state index < -0.39 is 0 Å². The van der Waals surface area contributed by atoms with Crippen LogP contribution in [0.15, 0.2) is 17.3 Å². The van der Waals surface area contributed by atoms with E-state index in [2.05, 4.69) is 47.7 Å². The Kier molecular flexibility index (Phi) is 4.83.